The molecule has 18 heteroatoms. The number of fused-ring (bicyclic) bond motifs is 1. The molecule has 2 saturated carbocycles. The number of rotatable bonds is 9. The Morgan fingerprint density at radius 3 is 1.76 bits per heavy atom. The van der Waals surface area contributed by atoms with Crippen molar-refractivity contribution in [2.45, 2.75) is 90.4 Å². The Hall–Kier alpha value is -5.58. The molecule has 2 aliphatic heterocycles. The first kappa shape index (κ1) is 43.1. The molecule has 4 fully saturated rings. The third kappa shape index (κ3) is 7.99. The average molecular weight is 828 g/mol. The van der Waals surface area contributed by atoms with Crippen molar-refractivity contribution in [1.82, 2.24) is 40.4 Å². The van der Waals surface area contributed by atoms with Crippen LogP contribution in [0.5, 0.6) is 0 Å². The van der Waals surface area contributed by atoms with Crippen molar-refractivity contribution in [3.63, 3.8) is 0 Å². The smallest absolute Gasteiger partial charge is 0.407 e. The molecule has 8 radical (unpaired) electrons. The van der Waals surface area contributed by atoms with Crippen LogP contribution in [0, 0.1) is 34.5 Å². The van der Waals surface area contributed by atoms with Crippen LogP contribution in [0.1, 0.15) is 101 Å². The van der Waals surface area contributed by atoms with E-state index in [1.807, 2.05) is 50.8 Å². The highest BCUT2D eigenvalue weighted by Crippen LogP contribution is 2.59. The monoisotopic (exact) mass is 828 g/mol. The van der Waals surface area contributed by atoms with Gasteiger partial charge in [0.05, 0.1) is 49.2 Å². The molecule has 2 aromatic carbocycles. The maximum absolute atomic E-state index is 14.0. The normalized spacial score (nSPS) is 20.3. The number of aromatic amines is 2. The number of benzene rings is 2. The van der Waals surface area contributed by atoms with Crippen LogP contribution in [0.2, 0.25) is 0 Å². The van der Waals surface area contributed by atoms with E-state index in [1.165, 1.54) is 14.2 Å². The Morgan fingerprint density at radius 2 is 1.27 bits per heavy atom. The number of hydrogen-bond acceptors (Lipinski definition) is 8. The van der Waals surface area contributed by atoms with Crippen molar-refractivity contribution >= 4 is 88.3 Å². The highest BCUT2D eigenvalue weighted by molar-refractivity contribution is 6.60. The lowest BCUT2D eigenvalue weighted by Crippen LogP contribution is -2.51. The van der Waals surface area contributed by atoms with Crippen LogP contribution in [-0.2, 0) is 19.1 Å². The third-order valence-corrected chi connectivity index (χ3v) is 13.3. The molecule has 2 aliphatic carbocycles. The summed E-state index contributed by atoms with van der Waals surface area (Å²) >= 11 is 0. The number of nitrogens with zero attached hydrogens (tertiary/aromatic N) is 4. The minimum atomic E-state index is -0.774. The maximum Gasteiger partial charge on any atom is 0.407 e. The lowest BCUT2D eigenvalue weighted by molar-refractivity contribution is -0.136. The molecule has 4 aromatic rings. The molecule has 2 spiro atoms. The number of ether oxygens (including phenoxy) is 2. The predicted octanol–water partition coefficient (Wildman–Crippen LogP) is 1.40. The number of alkyl carbamates (subject to hydrolysis) is 2. The molecular formula is C44H48B4N8O6. The fourth-order valence-electron chi connectivity index (χ4n) is 9.19. The Bertz CT molecular complexity index is 2510. The minimum absolute atomic E-state index is 0.0114. The van der Waals surface area contributed by atoms with E-state index in [4.69, 9.17) is 50.8 Å². The highest BCUT2D eigenvalue weighted by atomic mass is 16.5. The number of likely N-dealkylation sites (tertiary alicyclic amines) is 2. The van der Waals surface area contributed by atoms with Crippen LogP contribution in [-0.4, -0.2) is 125 Å². The van der Waals surface area contributed by atoms with Crippen LogP contribution in [0.15, 0.2) is 24.4 Å². The largest absolute Gasteiger partial charge is 0.453 e. The summed E-state index contributed by atoms with van der Waals surface area (Å²) in [5.41, 5.74) is 3.99. The van der Waals surface area contributed by atoms with Gasteiger partial charge in [0.25, 0.3) is 0 Å². The zero-order chi connectivity index (χ0) is 44.4. The fourth-order valence-corrected chi connectivity index (χ4v) is 9.19. The van der Waals surface area contributed by atoms with E-state index in [0.717, 1.165) is 44.0 Å². The second kappa shape index (κ2) is 16.3. The van der Waals surface area contributed by atoms with Crippen molar-refractivity contribution in [3.05, 3.63) is 47.2 Å². The SMILES string of the molecule is [B]c1c([B])c(-c2cnc([C@@H]3CC4(CC4)CN3C(=O)[C@@H](NC(=O)OC)C(C)C)[nH]2)c([B])c([B])c1C#Cc1ccc2nc([C@@H]3CC4(CC4)CN3C(=O)[C@@H](NC(=O)OC)C(C)C)[nH]c2c1. The lowest BCUT2D eigenvalue weighted by Gasteiger charge is -2.30. The van der Waals surface area contributed by atoms with E-state index in [9.17, 15) is 19.2 Å². The summed E-state index contributed by atoms with van der Waals surface area (Å²) in [4.78, 5) is 72.2. The minimum Gasteiger partial charge on any atom is -0.453 e. The quantitative estimate of drug-likeness (QED) is 0.145. The number of H-pyrrole nitrogens is 2. The number of methoxy groups -OCH3 is 2. The molecule has 62 heavy (non-hydrogen) atoms. The van der Waals surface area contributed by atoms with Gasteiger partial charge in [0.15, 0.2) is 0 Å². The molecule has 4 atom stereocenters. The molecule has 4 amide bonds. The molecule has 4 aliphatic rings. The van der Waals surface area contributed by atoms with Gasteiger partial charge in [-0.05, 0) is 85.0 Å². The number of hydrogen-bond donors (Lipinski definition) is 4. The van der Waals surface area contributed by atoms with Crippen LogP contribution >= 0.6 is 0 Å². The molecule has 0 unspecified atom stereocenters. The van der Waals surface area contributed by atoms with Gasteiger partial charge in [-0.25, -0.2) is 19.6 Å². The van der Waals surface area contributed by atoms with Crippen LogP contribution < -0.4 is 32.5 Å². The topological polar surface area (TPSA) is 175 Å². The van der Waals surface area contributed by atoms with E-state index in [2.05, 4.69) is 32.4 Å². The van der Waals surface area contributed by atoms with Gasteiger partial charge in [-0.15, -0.1) is 0 Å². The molecular weight excluding hydrogens is 780 g/mol. The number of nitrogens with one attached hydrogen (secondary N) is 4. The summed E-state index contributed by atoms with van der Waals surface area (Å²) in [6, 6.07) is 3.41. The number of carbonyl (C=O) groups is 4. The number of aromatic nitrogens is 4. The van der Waals surface area contributed by atoms with Crippen molar-refractivity contribution in [1.29, 1.82) is 0 Å². The van der Waals surface area contributed by atoms with Crippen LogP contribution in [0.25, 0.3) is 22.3 Å². The van der Waals surface area contributed by atoms with Gasteiger partial charge >= 0.3 is 12.2 Å². The summed E-state index contributed by atoms with van der Waals surface area (Å²) in [5.74, 6) is 6.78. The fraction of sp³-hybridized carbons (Fsp3) is 0.500. The van der Waals surface area contributed by atoms with E-state index >= 15 is 0 Å². The van der Waals surface area contributed by atoms with Gasteiger partial charge in [-0.1, -0.05) is 61.4 Å². The summed E-state index contributed by atoms with van der Waals surface area (Å²) in [5, 5.41) is 5.42. The first-order valence-electron chi connectivity index (χ1n) is 21.1. The lowest BCUT2D eigenvalue weighted by atomic mass is 9.64. The van der Waals surface area contributed by atoms with Gasteiger partial charge < -0.3 is 39.9 Å². The second-order valence-corrected chi connectivity index (χ2v) is 18.3. The summed E-state index contributed by atoms with van der Waals surface area (Å²) in [6.45, 7) is 8.69. The standard InChI is InChI=1S/C44H48B4N8O6/c1-21(2)35(53-41(59)61-5)39(57)55-19-43(11-12-43)16-28(55)37-49-18-27(52-37)30-33(47)31(45)24(32(46)34(30)48)9-7-23-8-10-25-26(15-23)51-38(50-25)29-17-44(13-14-44)20-56(29)40(58)36(22(3)4)54-42(60)62-6/h8,10,15,18,21-22,28-29,35-36H,11-14,16-17,19-20H2,1-6H3,(H,49,52)(H,50,51)(H,53,59)(H,54,60)/t28-,29-,35-,36-/m0/s1. The van der Waals surface area contributed by atoms with Gasteiger partial charge in [0.1, 0.15) is 55.1 Å². The molecule has 4 heterocycles. The Kier molecular flexibility index (Phi) is 11.3. The first-order chi connectivity index (χ1) is 29.5. The first-order valence-corrected chi connectivity index (χ1v) is 21.1. The molecule has 14 nitrogen and oxygen atoms in total. The van der Waals surface area contributed by atoms with Gasteiger partial charge in [-0.2, -0.15) is 0 Å². The zero-order valence-corrected chi connectivity index (χ0v) is 36.0. The molecule has 2 saturated heterocycles. The molecule has 312 valence electrons. The molecule has 0 bridgehead atoms. The van der Waals surface area contributed by atoms with Gasteiger partial charge in [-0.3, -0.25) is 9.59 Å². The number of amides is 4. The highest BCUT2D eigenvalue weighted by Gasteiger charge is 2.56. The van der Waals surface area contributed by atoms with E-state index in [0.29, 0.717) is 47.1 Å². The number of carbonyl (C=O) groups excluding carboxylic acids is 4. The summed E-state index contributed by atoms with van der Waals surface area (Å²) in [6.07, 6.45) is 5.87. The van der Waals surface area contributed by atoms with Crippen molar-refractivity contribution < 1.29 is 28.7 Å². The Morgan fingerprint density at radius 1 is 0.758 bits per heavy atom. The van der Waals surface area contributed by atoms with Gasteiger partial charge in [0, 0.05) is 24.2 Å². The molecule has 8 rings (SSSR count). The number of imidazole rings is 2. The molecule has 4 N–H and O–H groups in total. The Balaban J connectivity index is 1.04. The van der Waals surface area contributed by atoms with Gasteiger partial charge in [0.2, 0.25) is 11.8 Å². The average Bonchev–Trinajstić information content (AvgIpc) is 3.87. The molecule has 2 aromatic heterocycles. The summed E-state index contributed by atoms with van der Waals surface area (Å²) in [7, 11) is 29.2. The Labute approximate surface area is 366 Å². The van der Waals surface area contributed by atoms with E-state index in [-0.39, 0.29) is 74.0 Å². The second-order valence-electron chi connectivity index (χ2n) is 18.3. The van der Waals surface area contributed by atoms with Crippen LogP contribution in [0.4, 0.5) is 9.59 Å². The predicted molar refractivity (Wildman–Crippen MR) is 237 cm³/mol. The van der Waals surface area contributed by atoms with E-state index < -0.39 is 24.3 Å². The maximum atomic E-state index is 14.0. The zero-order valence-electron chi connectivity index (χ0n) is 36.0. The summed E-state index contributed by atoms with van der Waals surface area (Å²) < 4.78 is 9.61. The van der Waals surface area contributed by atoms with Crippen LogP contribution in [0.3, 0.4) is 0 Å². The van der Waals surface area contributed by atoms with Crippen molar-refractivity contribution in [2.24, 2.45) is 22.7 Å². The van der Waals surface area contributed by atoms with Crippen molar-refractivity contribution in [2.75, 3.05) is 27.3 Å². The van der Waals surface area contributed by atoms with E-state index in [1.54, 1.807) is 11.1 Å². The van der Waals surface area contributed by atoms with Crippen molar-refractivity contribution in [3.8, 4) is 23.1 Å². The third-order valence-electron chi connectivity index (χ3n) is 13.3.